The molecule has 186 valence electrons. The van der Waals surface area contributed by atoms with Crippen molar-refractivity contribution in [1.82, 2.24) is 19.4 Å². The van der Waals surface area contributed by atoms with Crippen LogP contribution in [0.5, 0.6) is 0 Å². The van der Waals surface area contributed by atoms with Crippen molar-refractivity contribution in [3.63, 3.8) is 0 Å². The molecular formula is C29H31ClN4O2. The number of rotatable bonds is 7. The molecule has 4 aromatic rings. The molecule has 0 radical (unpaired) electrons. The highest BCUT2D eigenvalue weighted by atomic mass is 35.5. The van der Waals surface area contributed by atoms with Crippen molar-refractivity contribution >= 4 is 28.4 Å². The van der Waals surface area contributed by atoms with E-state index in [9.17, 15) is 9.59 Å². The molecule has 1 unspecified atom stereocenters. The third-order valence-corrected chi connectivity index (χ3v) is 6.70. The predicted molar refractivity (Wildman–Crippen MR) is 146 cm³/mol. The van der Waals surface area contributed by atoms with Crippen LogP contribution in [0.4, 0.5) is 0 Å². The molecule has 0 saturated heterocycles. The van der Waals surface area contributed by atoms with Crippen molar-refractivity contribution in [3.8, 4) is 5.69 Å². The van der Waals surface area contributed by atoms with Crippen LogP contribution in [0.2, 0.25) is 5.02 Å². The molecule has 0 N–H and O–H groups in total. The van der Waals surface area contributed by atoms with Crippen LogP contribution in [0, 0.1) is 13.8 Å². The van der Waals surface area contributed by atoms with Gasteiger partial charge >= 0.3 is 0 Å². The van der Waals surface area contributed by atoms with Crippen LogP contribution in [0.25, 0.3) is 16.6 Å². The molecular weight excluding hydrogens is 472 g/mol. The first-order valence-electron chi connectivity index (χ1n) is 12.0. The lowest BCUT2D eigenvalue weighted by Crippen LogP contribution is -2.41. The minimum atomic E-state index is -0.482. The lowest BCUT2D eigenvalue weighted by Gasteiger charge is -2.32. The van der Waals surface area contributed by atoms with Crippen LogP contribution in [0.1, 0.15) is 40.3 Å². The zero-order valence-corrected chi connectivity index (χ0v) is 22.1. The Balaban J connectivity index is 1.94. The van der Waals surface area contributed by atoms with Gasteiger partial charge in [-0.25, -0.2) is 4.98 Å². The molecule has 1 amide bonds. The zero-order valence-electron chi connectivity index (χ0n) is 21.3. The standard InChI is InChI=1S/C29H31ClN4O2/c1-19-10-6-7-11-23(19)28(35)33(17-16-32(4)5)21(3)27-31-25-13-9-8-12-24(25)29(36)34(27)26-15-14-22(30)18-20(26)2/h6-15,18,21H,16-17H2,1-5H3. The summed E-state index contributed by atoms with van der Waals surface area (Å²) in [5, 5.41) is 1.11. The van der Waals surface area contributed by atoms with E-state index in [4.69, 9.17) is 16.6 Å². The van der Waals surface area contributed by atoms with Gasteiger partial charge in [-0.2, -0.15) is 0 Å². The van der Waals surface area contributed by atoms with Gasteiger partial charge in [0.1, 0.15) is 5.82 Å². The number of likely N-dealkylation sites (N-methyl/N-ethyl adjacent to an activating group) is 1. The number of carbonyl (C=O) groups is 1. The number of aryl methyl sites for hydroxylation is 2. The van der Waals surface area contributed by atoms with Gasteiger partial charge < -0.3 is 9.80 Å². The van der Waals surface area contributed by atoms with Crippen LogP contribution >= 0.6 is 11.6 Å². The molecule has 0 aliphatic rings. The number of nitrogens with zero attached hydrogens (tertiary/aromatic N) is 4. The van der Waals surface area contributed by atoms with Crippen LogP contribution in [0.3, 0.4) is 0 Å². The Labute approximate surface area is 216 Å². The molecule has 0 aliphatic carbocycles. The highest BCUT2D eigenvalue weighted by molar-refractivity contribution is 6.30. The van der Waals surface area contributed by atoms with Crippen molar-refractivity contribution in [2.45, 2.75) is 26.8 Å². The molecule has 1 heterocycles. The van der Waals surface area contributed by atoms with Gasteiger partial charge in [-0.05, 0) is 82.4 Å². The molecule has 0 fully saturated rings. The second kappa shape index (κ2) is 10.6. The number of hydrogen-bond acceptors (Lipinski definition) is 4. The molecule has 0 spiro atoms. The van der Waals surface area contributed by atoms with Gasteiger partial charge in [-0.1, -0.05) is 41.9 Å². The summed E-state index contributed by atoms with van der Waals surface area (Å²) in [6, 6.07) is 19.8. The number of benzene rings is 3. The first-order valence-corrected chi connectivity index (χ1v) is 12.4. The summed E-state index contributed by atoms with van der Waals surface area (Å²) in [6.45, 7) is 6.93. The minimum Gasteiger partial charge on any atom is -0.327 e. The van der Waals surface area contributed by atoms with E-state index < -0.39 is 6.04 Å². The number of para-hydroxylation sites is 1. The second-order valence-corrected chi connectivity index (χ2v) is 9.79. The van der Waals surface area contributed by atoms with Gasteiger partial charge in [-0.15, -0.1) is 0 Å². The summed E-state index contributed by atoms with van der Waals surface area (Å²) in [7, 11) is 3.95. The van der Waals surface area contributed by atoms with Crippen LogP contribution in [-0.2, 0) is 0 Å². The number of halogens is 1. The summed E-state index contributed by atoms with van der Waals surface area (Å²) >= 11 is 6.23. The van der Waals surface area contributed by atoms with Gasteiger partial charge in [0, 0.05) is 23.7 Å². The van der Waals surface area contributed by atoms with Crippen molar-refractivity contribution < 1.29 is 4.79 Å². The topological polar surface area (TPSA) is 58.4 Å². The van der Waals surface area contributed by atoms with E-state index in [1.54, 1.807) is 21.6 Å². The number of carbonyl (C=O) groups excluding carboxylic acids is 1. The van der Waals surface area contributed by atoms with E-state index in [1.165, 1.54) is 0 Å². The number of hydrogen-bond donors (Lipinski definition) is 0. The van der Waals surface area contributed by atoms with Crippen LogP contribution < -0.4 is 5.56 Å². The van der Waals surface area contributed by atoms with Gasteiger partial charge in [0.2, 0.25) is 0 Å². The Morgan fingerprint density at radius 1 is 0.972 bits per heavy atom. The Morgan fingerprint density at radius 3 is 2.36 bits per heavy atom. The maximum absolute atomic E-state index is 13.9. The van der Waals surface area contributed by atoms with E-state index in [2.05, 4.69) is 0 Å². The molecule has 6 nitrogen and oxygen atoms in total. The maximum atomic E-state index is 13.9. The van der Waals surface area contributed by atoms with E-state index in [-0.39, 0.29) is 11.5 Å². The molecule has 7 heteroatoms. The Bertz CT molecular complexity index is 1480. The number of amides is 1. The largest absolute Gasteiger partial charge is 0.327 e. The molecule has 0 saturated carbocycles. The van der Waals surface area contributed by atoms with Crippen molar-refractivity contribution in [1.29, 1.82) is 0 Å². The molecule has 1 atom stereocenters. The summed E-state index contributed by atoms with van der Waals surface area (Å²) < 4.78 is 1.63. The molecule has 4 rings (SSSR count). The average Bonchev–Trinajstić information content (AvgIpc) is 2.84. The summed E-state index contributed by atoms with van der Waals surface area (Å²) in [6.07, 6.45) is 0. The van der Waals surface area contributed by atoms with E-state index in [0.717, 1.165) is 11.1 Å². The monoisotopic (exact) mass is 502 g/mol. The lowest BCUT2D eigenvalue weighted by molar-refractivity contribution is 0.0666. The van der Waals surface area contributed by atoms with Crippen molar-refractivity contribution in [2.24, 2.45) is 0 Å². The normalized spacial score (nSPS) is 12.2. The fraction of sp³-hybridized carbons (Fsp3) is 0.276. The summed E-state index contributed by atoms with van der Waals surface area (Å²) in [5.41, 5.74) is 3.51. The fourth-order valence-electron chi connectivity index (χ4n) is 4.42. The third-order valence-electron chi connectivity index (χ3n) is 6.47. The quantitative estimate of drug-likeness (QED) is 0.338. The summed E-state index contributed by atoms with van der Waals surface area (Å²) in [4.78, 5) is 36.5. The van der Waals surface area contributed by atoms with E-state index in [0.29, 0.717) is 46.1 Å². The van der Waals surface area contributed by atoms with Gasteiger partial charge in [-0.3, -0.25) is 14.2 Å². The van der Waals surface area contributed by atoms with Crippen LogP contribution in [0.15, 0.2) is 71.5 Å². The third kappa shape index (κ3) is 5.06. The number of fused-ring (bicyclic) bond motifs is 1. The lowest BCUT2D eigenvalue weighted by atomic mass is 10.1. The van der Waals surface area contributed by atoms with Gasteiger partial charge in [0.05, 0.1) is 22.6 Å². The van der Waals surface area contributed by atoms with Crippen molar-refractivity contribution in [3.05, 3.63) is 105 Å². The molecule has 0 bridgehead atoms. The van der Waals surface area contributed by atoms with Gasteiger partial charge in [0.25, 0.3) is 11.5 Å². The van der Waals surface area contributed by atoms with Gasteiger partial charge in [0.15, 0.2) is 0 Å². The second-order valence-electron chi connectivity index (χ2n) is 9.35. The molecule has 1 aromatic heterocycles. The SMILES string of the molecule is Cc1ccccc1C(=O)N(CCN(C)C)C(C)c1nc2ccccc2c(=O)n1-c1ccc(Cl)cc1C. The average molecular weight is 503 g/mol. The smallest absolute Gasteiger partial charge is 0.266 e. The fourth-order valence-corrected chi connectivity index (χ4v) is 4.65. The highest BCUT2D eigenvalue weighted by Crippen LogP contribution is 2.27. The zero-order chi connectivity index (χ0) is 26.0. The molecule has 3 aromatic carbocycles. The Morgan fingerprint density at radius 2 is 1.67 bits per heavy atom. The number of aromatic nitrogens is 2. The molecule has 0 aliphatic heterocycles. The first kappa shape index (κ1) is 25.6. The maximum Gasteiger partial charge on any atom is 0.266 e. The van der Waals surface area contributed by atoms with E-state index in [1.807, 2.05) is 94.4 Å². The Hall–Kier alpha value is -3.48. The predicted octanol–water partition coefficient (Wildman–Crippen LogP) is 5.42. The first-order chi connectivity index (χ1) is 17.2. The van der Waals surface area contributed by atoms with Crippen LogP contribution in [-0.4, -0.2) is 52.4 Å². The minimum absolute atomic E-state index is 0.0933. The van der Waals surface area contributed by atoms with E-state index >= 15 is 0 Å². The van der Waals surface area contributed by atoms with Crippen molar-refractivity contribution in [2.75, 3.05) is 27.2 Å². The Kier molecular flexibility index (Phi) is 7.57. The highest BCUT2D eigenvalue weighted by Gasteiger charge is 2.28. The summed E-state index contributed by atoms with van der Waals surface area (Å²) in [5.74, 6) is 0.411. The molecule has 36 heavy (non-hydrogen) atoms.